The van der Waals surface area contributed by atoms with Crippen molar-refractivity contribution in [3.63, 3.8) is 0 Å². The minimum Gasteiger partial charge on any atom is -0.306 e. The molecule has 0 bridgehead atoms. The molecule has 0 aliphatic rings. The first kappa shape index (κ1) is 8.74. The minimum atomic E-state index is -0.166. The van der Waals surface area contributed by atoms with Crippen LogP contribution in [0.5, 0.6) is 0 Å². The standard InChI is InChI=1S/C10H10N2O2/c1-6(13)7-3-4-8-9(5-7)12(2)10(14)11-8/h3-5H,1-2H3,(H,11,14). The normalized spacial score (nSPS) is 10.7. The van der Waals surface area contributed by atoms with Gasteiger partial charge in [0.15, 0.2) is 5.78 Å². The molecule has 1 N–H and O–H groups in total. The van der Waals surface area contributed by atoms with E-state index in [9.17, 15) is 9.59 Å². The lowest BCUT2D eigenvalue weighted by Crippen LogP contribution is -2.11. The van der Waals surface area contributed by atoms with Crippen molar-refractivity contribution in [1.82, 2.24) is 9.55 Å². The molecule has 1 aromatic heterocycles. The van der Waals surface area contributed by atoms with Gasteiger partial charge in [0.2, 0.25) is 0 Å². The van der Waals surface area contributed by atoms with Crippen LogP contribution in [-0.2, 0) is 7.05 Å². The topological polar surface area (TPSA) is 54.9 Å². The van der Waals surface area contributed by atoms with E-state index in [1.807, 2.05) is 0 Å². The van der Waals surface area contributed by atoms with Crippen molar-refractivity contribution >= 4 is 16.8 Å². The maximum absolute atomic E-state index is 11.2. The lowest BCUT2D eigenvalue weighted by molar-refractivity contribution is 0.101. The number of aryl methyl sites for hydroxylation is 1. The summed E-state index contributed by atoms with van der Waals surface area (Å²) in [5.41, 5.74) is 1.96. The van der Waals surface area contributed by atoms with Crippen LogP contribution in [0, 0.1) is 0 Å². The third-order valence-corrected chi connectivity index (χ3v) is 2.31. The second-order valence-corrected chi connectivity index (χ2v) is 3.28. The summed E-state index contributed by atoms with van der Waals surface area (Å²) >= 11 is 0. The van der Waals surface area contributed by atoms with Crippen molar-refractivity contribution in [2.45, 2.75) is 6.92 Å². The van der Waals surface area contributed by atoms with Gasteiger partial charge < -0.3 is 4.98 Å². The highest BCUT2D eigenvalue weighted by Gasteiger charge is 2.05. The Balaban J connectivity index is 2.82. The number of nitrogens with zero attached hydrogens (tertiary/aromatic N) is 1. The highest BCUT2D eigenvalue weighted by Crippen LogP contribution is 2.12. The first-order valence-corrected chi connectivity index (χ1v) is 4.29. The number of ketones is 1. The first-order chi connectivity index (χ1) is 6.59. The van der Waals surface area contributed by atoms with E-state index in [1.165, 1.54) is 11.5 Å². The monoisotopic (exact) mass is 190 g/mol. The highest BCUT2D eigenvalue weighted by molar-refractivity contribution is 5.97. The fourth-order valence-electron chi connectivity index (χ4n) is 1.44. The van der Waals surface area contributed by atoms with Gasteiger partial charge in [0.25, 0.3) is 0 Å². The zero-order chi connectivity index (χ0) is 10.3. The Kier molecular flexibility index (Phi) is 1.77. The molecule has 2 rings (SSSR count). The fourth-order valence-corrected chi connectivity index (χ4v) is 1.44. The number of aromatic amines is 1. The van der Waals surface area contributed by atoms with Crippen LogP contribution >= 0.6 is 0 Å². The van der Waals surface area contributed by atoms with E-state index < -0.39 is 0 Å². The van der Waals surface area contributed by atoms with E-state index >= 15 is 0 Å². The average molecular weight is 190 g/mol. The van der Waals surface area contributed by atoms with Crippen molar-refractivity contribution in [2.75, 3.05) is 0 Å². The van der Waals surface area contributed by atoms with Crippen LogP contribution in [0.4, 0.5) is 0 Å². The number of aromatic nitrogens is 2. The second-order valence-electron chi connectivity index (χ2n) is 3.28. The van der Waals surface area contributed by atoms with E-state index in [2.05, 4.69) is 4.98 Å². The number of hydrogen-bond acceptors (Lipinski definition) is 2. The zero-order valence-corrected chi connectivity index (χ0v) is 8.00. The number of carbonyl (C=O) groups is 1. The quantitative estimate of drug-likeness (QED) is 0.684. The third-order valence-electron chi connectivity index (χ3n) is 2.31. The number of hydrogen-bond donors (Lipinski definition) is 1. The van der Waals surface area contributed by atoms with Gasteiger partial charge in [-0.3, -0.25) is 9.36 Å². The lowest BCUT2D eigenvalue weighted by atomic mass is 10.1. The van der Waals surface area contributed by atoms with E-state index in [0.717, 1.165) is 11.0 Å². The molecule has 0 aliphatic carbocycles. The Hall–Kier alpha value is -1.84. The summed E-state index contributed by atoms with van der Waals surface area (Å²) in [6.07, 6.45) is 0. The molecular formula is C10H10N2O2. The van der Waals surface area contributed by atoms with Crippen LogP contribution in [0.3, 0.4) is 0 Å². The molecule has 0 radical (unpaired) electrons. The predicted octanol–water partition coefficient (Wildman–Crippen LogP) is 1.07. The maximum atomic E-state index is 11.2. The summed E-state index contributed by atoms with van der Waals surface area (Å²) in [5, 5.41) is 0. The third kappa shape index (κ3) is 1.16. The van der Waals surface area contributed by atoms with Gasteiger partial charge in [-0.2, -0.15) is 0 Å². The van der Waals surface area contributed by atoms with Gasteiger partial charge in [0.05, 0.1) is 11.0 Å². The van der Waals surface area contributed by atoms with Crippen LogP contribution in [0.25, 0.3) is 11.0 Å². The molecule has 0 atom stereocenters. The first-order valence-electron chi connectivity index (χ1n) is 4.29. The van der Waals surface area contributed by atoms with Gasteiger partial charge >= 0.3 is 5.69 Å². The van der Waals surface area contributed by atoms with Gasteiger partial charge in [-0.15, -0.1) is 0 Å². The maximum Gasteiger partial charge on any atom is 0.326 e. The lowest BCUT2D eigenvalue weighted by Gasteiger charge is -1.96. The van der Waals surface area contributed by atoms with Crippen LogP contribution in [0.15, 0.2) is 23.0 Å². The number of H-pyrrole nitrogens is 1. The highest BCUT2D eigenvalue weighted by atomic mass is 16.1. The summed E-state index contributed by atoms with van der Waals surface area (Å²) in [6.45, 7) is 1.51. The number of fused-ring (bicyclic) bond motifs is 1. The summed E-state index contributed by atoms with van der Waals surface area (Å²) in [5.74, 6) is 0.000508. The average Bonchev–Trinajstić information content (AvgIpc) is 2.43. The molecule has 1 heterocycles. The van der Waals surface area contributed by atoms with E-state index in [-0.39, 0.29) is 11.5 Å². The van der Waals surface area contributed by atoms with Gasteiger partial charge in [0, 0.05) is 12.6 Å². The van der Waals surface area contributed by atoms with Crippen LogP contribution < -0.4 is 5.69 Å². The largest absolute Gasteiger partial charge is 0.326 e. The Bertz CT molecular complexity index is 563. The van der Waals surface area contributed by atoms with Gasteiger partial charge in [-0.05, 0) is 25.1 Å². The number of carbonyl (C=O) groups excluding carboxylic acids is 1. The molecule has 0 amide bonds. The number of rotatable bonds is 1. The van der Waals surface area contributed by atoms with Crippen molar-refractivity contribution in [3.8, 4) is 0 Å². The number of benzene rings is 1. The number of Topliss-reactive ketones (excluding diaryl/α,β-unsaturated/α-hetero) is 1. The molecule has 0 aliphatic heterocycles. The molecule has 1 aromatic carbocycles. The van der Waals surface area contributed by atoms with Crippen molar-refractivity contribution in [3.05, 3.63) is 34.2 Å². The van der Waals surface area contributed by atoms with Crippen LogP contribution in [-0.4, -0.2) is 15.3 Å². The van der Waals surface area contributed by atoms with Crippen LogP contribution in [0.1, 0.15) is 17.3 Å². The molecule has 14 heavy (non-hydrogen) atoms. The van der Waals surface area contributed by atoms with E-state index in [1.54, 1.807) is 25.2 Å². The number of imidazole rings is 1. The Morgan fingerprint density at radius 2 is 2.14 bits per heavy atom. The van der Waals surface area contributed by atoms with E-state index in [4.69, 9.17) is 0 Å². The molecule has 4 heteroatoms. The fraction of sp³-hybridized carbons (Fsp3) is 0.200. The smallest absolute Gasteiger partial charge is 0.306 e. The summed E-state index contributed by atoms with van der Waals surface area (Å²) in [6, 6.07) is 5.17. The van der Waals surface area contributed by atoms with Crippen molar-refractivity contribution < 1.29 is 4.79 Å². The summed E-state index contributed by atoms with van der Waals surface area (Å²) < 4.78 is 1.49. The molecular weight excluding hydrogens is 180 g/mol. The Morgan fingerprint density at radius 1 is 1.43 bits per heavy atom. The van der Waals surface area contributed by atoms with Crippen LogP contribution in [0.2, 0.25) is 0 Å². The molecule has 0 saturated carbocycles. The second kappa shape index (κ2) is 2.83. The number of nitrogens with one attached hydrogen (secondary N) is 1. The summed E-state index contributed by atoms with van der Waals surface area (Å²) in [4.78, 5) is 25.0. The minimum absolute atomic E-state index is 0.000508. The predicted molar refractivity (Wildman–Crippen MR) is 53.5 cm³/mol. The Labute approximate surface area is 80.2 Å². The van der Waals surface area contributed by atoms with E-state index in [0.29, 0.717) is 5.56 Å². The molecule has 4 nitrogen and oxygen atoms in total. The molecule has 0 unspecified atom stereocenters. The molecule has 0 fully saturated rings. The van der Waals surface area contributed by atoms with Gasteiger partial charge in [-0.1, -0.05) is 0 Å². The van der Waals surface area contributed by atoms with Gasteiger partial charge in [0.1, 0.15) is 0 Å². The summed E-state index contributed by atoms with van der Waals surface area (Å²) in [7, 11) is 1.67. The zero-order valence-electron chi connectivity index (χ0n) is 8.00. The molecule has 0 spiro atoms. The SMILES string of the molecule is CC(=O)c1ccc2[nH]c(=O)n(C)c2c1. The van der Waals surface area contributed by atoms with Crippen molar-refractivity contribution in [1.29, 1.82) is 0 Å². The molecule has 72 valence electrons. The molecule has 2 aromatic rings. The van der Waals surface area contributed by atoms with Crippen molar-refractivity contribution in [2.24, 2.45) is 7.05 Å². The molecule has 0 saturated heterocycles. The van der Waals surface area contributed by atoms with Gasteiger partial charge in [-0.25, -0.2) is 4.79 Å². The Morgan fingerprint density at radius 3 is 2.79 bits per heavy atom.